The highest BCUT2D eigenvalue weighted by atomic mass is 35.5. The number of hydrogen-bond acceptors (Lipinski definition) is 6. The Bertz CT molecular complexity index is 1260. The summed E-state index contributed by atoms with van der Waals surface area (Å²) in [5.74, 6) is -1.08. The van der Waals surface area contributed by atoms with Gasteiger partial charge in [0, 0.05) is 30.7 Å². The van der Waals surface area contributed by atoms with Gasteiger partial charge in [0.05, 0.1) is 30.0 Å². The fraction of sp³-hybridized carbons (Fsp3) is 0.227. The van der Waals surface area contributed by atoms with E-state index in [1.165, 1.54) is 31.5 Å². The van der Waals surface area contributed by atoms with Crippen LogP contribution >= 0.6 is 23.8 Å². The van der Waals surface area contributed by atoms with Crippen LogP contribution in [0.2, 0.25) is 5.02 Å². The van der Waals surface area contributed by atoms with E-state index in [1.54, 1.807) is 17.0 Å². The van der Waals surface area contributed by atoms with Gasteiger partial charge in [0.2, 0.25) is 0 Å². The number of anilines is 1. The van der Waals surface area contributed by atoms with Crippen LogP contribution in [0.5, 0.6) is 17.2 Å². The van der Waals surface area contributed by atoms with Gasteiger partial charge in [0.15, 0.2) is 16.7 Å². The number of aromatic nitrogens is 1. The number of amides is 1. The molecule has 1 amide bonds. The fourth-order valence-electron chi connectivity index (χ4n) is 3.54. The lowest BCUT2D eigenvalue weighted by atomic mass is 10.1. The molecule has 1 aromatic heterocycles. The van der Waals surface area contributed by atoms with Crippen LogP contribution < -0.4 is 20.5 Å². The van der Waals surface area contributed by atoms with Crippen LogP contribution in [-0.4, -0.2) is 52.3 Å². The standard InChI is InChI=1S/C22H20ClFN4O4S/c1-31-18-9-15-12(8-13(18)21(25)30)16(4-6-26-15)32-17-3-2-14(19(23)20(17)24)27-22(33)28-7-5-11(29)10-28/h2-4,6,8-9,11,29H,5,7,10H2,1H3,(H2,25,30)(H,27,33)/t11-/m0/s1. The van der Waals surface area contributed by atoms with Gasteiger partial charge in [0.25, 0.3) is 5.91 Å². The maximum absolute atomic E-state index is 15.1. The molecule has 1 aliphatic heterocycles. The normalized spacial score (nSPS) is 15.5. The van der Waals surface area contributed by atoms with E-state index in [4.69, 9.17) is 39.0 Å². The Morgan fingerprint density at radius 3 is 2.79 bits per heavy atom. The first-order chi connectivity index (χ1) is 15.8. The predicted molar refractivity (Wildman–Crippen MR) is 127 cm³/mol. The summed E-state index contributed by atoms with van der Waals surface area (Å²) in [6, 6.07) is 7.52. The summed E-state index contributed by atoms with van der Waals surface area (Å²) in [6.45, 7) is 1.00. The number of methoxy groups -OCH3 is 1. The third kappa shape index (κ3) is 4.63. The molecule has 1 aliphatic rings. The highest BCUT2D eigenvalue weighted by molar-refractivity contribution is 7.80. The number of carbonyl (C=O) groups excluding carboxylic acids is 1. The number of nitrogens with zero attached hydrogens (tertiary/aromatic N) is 2. The molecular formula is C22H20ClFN4O4S. The average molecular weight is 491 g/mol. The second-order valence-corrected chi connectivity index (χ2v) is 8.17. The number of primary amides is 1. The first-order valence-corrected chi connectivity index (χ1v) is 10.7. The van der Waals surface area contributed by atoms with Crippen molar-refractivity contribution in [2.45, 2.75) is 12.5 Å². The molecule has 4 rings (SSSR count). The summed E-state index contributed by atoms with van der Waals surface area (Å²) in [6.07, 6.45) is 1.65. The number of thiocarbonyl (C=S) groups is 1. The van der Waals surface area contributed by atoms with Crippen LogP contribution in [0.3, 0.4) is 0 Å². The van der Waals surface area contributed by atoms with Gasteiger partial charge >= 0.3 is 0 Å². The Balaban J connectivity index is 1.63. The van der Waals surface area contributed by atoms with E-state index < -0.39 is 17.8 Å². The molecule has 2 heterocycles. The Hall–Kier alpha value is -3.21. The van der Waals surface area contributed by atoms with Crippen molar-refractivity contribution in [3.05, 3.63) is 52.9 Å². The Labute approximate surface area is 199 Å². The maximum Gasteiger partial charge on any atom is 0.252 e. The largest absolute Gasteiger partial charge is 0.496 e. The SMILES string of the molecule is COc1cc2nccc(Oc3ccc(NC(=S)N4CC[C@H](O)C4)c(Cl)c3F)c2cc1C(N)=O. The van der Waals surface area contributed by atoms with Crippen molar-refractivity contribution in [3.8, 4) is 17.2 Å². The zero-order valence-electron chi connectivity index (χ0n) is 17.5. The zero-order chi connectivity index (χ0) is 23.7. The van der Waals surface area contributed by atoms with Crippen LogP contribution in [0.15, 0.2) is 36.5 Å². The zero-order valence-corrected chi connectivity index (χ0v) is 19.0. The van der Waals surface area contributed by atoms with Crippen molar-refractivity contribution in [1.82, 2.24) is 9.88 Å². The second kappa shape index (κ2) is 9.34. The molecule has 33 heavy (non-hydrogen) atoms. The second-order valence-electron chi connectivity index (χ2n) is 7.40. The topological polar surface area (TPSA) is 110 Å². The van der Waals surface area contributed by atoms with E-state index in [9.17, 15) is 9.90 Å². The summed E-state index contributed by atoms with van der Waals surface area (Å²) in [7, 11) is 1.42. The number of hydrogen-bond donors (Lipinski definition) is 3. The predicted octanol–water partition coefficient (Wildman–Crippen LogP) is 3.69. The van der Waals surface area contributed by atoms with Crippen molar-refractivity contribution in [3.63, 3.8) is 0 Å². The minimum atomic E-state index is -0.792. The van der Waals surface area contributed by atoms with Crippen LogP contribution in [0.1, 0.15) is 16.8 Å². The average Bonchev–Trinajstić information content (AvgIpc) is 3.24. The first kappa shape index (κ1) is 23.0. The molecule has 0 spiro atoms. The van der Waals surface area contributed by atoms with Crippen LogP contribution in [0, 0.1) is 5.82 Å². The molecule has 172 valence electrons. The summed E-state index contributed by atoms with van der Waals surface area (Å²) in [5, 5.41) is 13.2. The highest BCUT2D eigenvalue weighted by Crippen LogP contribution is 2.37. The monoisotopic (exact) mass is 490 g/mol. The highest BCUT2D eigenvalue weighted by Gasteiger charge is 2.23. The minimum absolute atomic E-state index is 0.128. The molecule has 8 nitrogen and oxygen atoms in total. The van der Waals surface area contributed by atoms with Gasteiger partial charge < -0.3 is 30.5 Å². The van der Waals surface area contributed by atoms with E-state index >= 15 is 4.39 Å². The smallest absolute Gasteiger partial charge is 0.252 e. The first-order valence-electron chi connectivity index (χ1n) is 9.95. The van der Waals surface area contributed by atoms with Gasteiger partial charge in [-0.25, -0.2) is 4.39 Å². The van der Waals surface area contributed by atoms with Crippen LogP contribution in [-0.2, 0) is 0 Å². The van der Waals surface area contributed by atoms with Gasteiger partial charge in [-0.15, -0.1) is 0 Å². The van der Waals surface area contributed by atoms with Gasteiger partial charge in [0.1, 0.15) is 16.5 Å². The quantitative estimate of drug-likeness (QED) is 0.464. The van der Waals surface area contributed by atoms with Crippen molar-refractivity contribution < 1.29 is 23.8 Å². The van der Waals surface area contributed by atoms with Gasteiger partial charge in [-0.3, -0.25) is 9.78 Å². The number of ether oxygens (including phenoxy) is 2. The fourth-order valence-corrected chi connectivity index (χ4v) is 4.02. The number of nitrogens with one attached hydrogen (secondary N) is 1. The molecule has 2 aromatic carbocycles. The summed E-state index contributed by atoms with van der Waals surface area (Å²) in [5.41, 5.74) is 6.33. The minimum Gasteiger partial charge on any atom is -0.496 e. The van der Waals surface area contributed by atoms with Crippen molar-refractivity contribution in [1.29, 1.82) is 0 Å². The third-order valence-electron chi connectivity index (χ3n) is 5.25. The Kier molecular flexibility index (Phi) is 6.50. The van der Waals surface area contributed by atoms with E-state index in [0.717, 1.165) is 0 Å². The molecule has 1 atom stereocenters. The third-order valence-corrected chi connectivity index (χ3v) is 5.98. The van der Waals surface area contributed by atoms with Crippen LogP contribution in [0.4, 0.5) is 10.1 Å². The molecule has 0 radical (unpaired) electrons. The number of β-amino-alcohol motifs (C(OH)–C–C–N with tert-alkyl or cyclic N) is 1. The molecule has 4 N–H and O–H groups in total. The number of benzene rings is 2. The van der Waals surface area contributed by atoms with E-state index in [2.05, 4.69) is 10.3 Å². The maximum atomic E-state index is 15.1. The number of halogens is 2. The lowest BCUT2D eigenvalue weighted by Gasteiger charge is -2.21. The molecular weight excluding hydrogens is 471 g/mol. The Morgan fingerprint density at radius 1 is 1.33 bits per heavy atom. The summed E-state index contributed by atoms with van der Waals surface area (Å²) < 4.78 is 26.1. The van der Waals surface area contributed by atoms with Crippen molar-refractivity contribution in [2.75, 3.05) is 25.5 Å². The van der Waals surface area contributed by atoms with Crippen LogP contribution in [0.25, 0.3) is 10.9 Å². The number of pyridine rings is 1. The lowest BCUT2D eigenvalue weighted by molar-refractivity contribution is 0.0997. The van der Waals surface area contributed by atoms with Crippen molar-refractivity contribution >= 4 is 51.4 Å². The molecule has 0 saturated carbocycles. The Morgan fingerprint density at radius 2 is 2.12 bits per heavy atom. The molecule has 0 bridgehead atoms. The summed E-state index contributed by atoms with van der Waals surface area (Å²) >= 11 is 11.6. The lowest BCUT2D eigenvalue weighted by Crippen LogP contribution is -2.33. The number of nitrogens with two attached hydrogens (primary N) is 1. The number of carbonyl (C=O) groups is 1. The number of fused-ring (bicyclic) bond motifs is 1. The molecule has 3 aromatic rings. The van der Waals surface area contributed by atoms with Gasteiger partial charge in [-0.05, 0) is 42.9 Å². The number of likely N-dealkylation sites (tertiary alicyclic amines) is 1. The molecule has 11 heteroatoms. The van der Waals surface area contributed by atoms with Crippen molar-refractivity contribution in [2.24, 2.45) is 5.73 Å². The number of aliphatic hydroxyl groups excluding tert-OH is 1. The number of aliphatic hydroxyl groups is 1. The molecule has 1 fully saturated rings. The molecule has 0 aliphatic carbocycles. The van der Waals surface area contributed by atoms with Gasteiger partial charge in [-0.2, -0.15) is 0 Å². The van der Waals surface area contributed by atoms with E-state index in [-0.39, 0.29) is 33.5 Å². The molecule has 0 unspecified atom stereocenters. The number of rotatable bonds is 5. The molecule has 1 saturated heterocycles. The van der Waals surface area contributed by atoms with E-state index in [0.29, 0.717) is 35.5 Å². The van der Waals surface area contributed by atoms with Gasteiger partial charge in [-0.1, -0.05) is 11.6 Å². The summed E-state index contributed by atoms with van der Waals surface area (Å²) in [4.78, 5) is 17.8. The van der Waals surface area contributed by atoms with E-state index in [1.807, 2.05) is 0 Å².